The normalized spacial score (nSPS) is 11.5. The van der Waals surface area contributed by atoms with Gasteiger partial charge in [0, 0.05) is 25.7 Å². The molecule has 2 rings (SSSR count). The third kappa shape index (κ3) is 3.81. The van der Waals surface area contributed by atoms with Crippen molar-refractivity contribution in [3.8, 4) is 11.5 Å². The van der Waals surface area contributed by atoms with E-state index >= 15 is 0 Å². The van der Waals surface area contributed by atoms with Crippen molar-refractivity contribution in [2.45, 2.75) is 6.10 Å². The molecule has 24 heavy (non-hydrogen) atoms. The molecular weight excluding hydrogens is 312 g/mol. The lowest BCUT2D eigenvalue weighted by Crippen LogP contribution is -2.31. The summed E-state index contributed by atoms with van der Waals surface area (Å²) in [4.78, 5) is 24.4. The molecule has 7 nitrogen and oxygen atoms in total. The summed E-state index contributed by atoms with van der Waals surface area (Å²) in [5.74, 6) is 0.165. The zero-order valence-electron chi connectivity index (χ0n) is 13.6. The Morgan fingerprint density at radius 1 is 1.12 bits per heavy atom. The van der Waals surface area contributed by atoms with E-state index in [2.05, 4.69) is 0 Å². The number of amides is 1. The Bertz CT molecular complexity index is 731. The number of nitro groups is 1. The molecular formula is C17H18N2O5. The van der Waals surface area contributed by atoms with Crippen LogP contribution < -0.4 is 9.47 Å². The number of nitro benzene ring substituents is 1. The zero-order chi connectivity index (χ0) is 17.7. The van der Waals surface area contributed by atoms with Gasteiger partial charge in [0.25, 0.3) is 11.6 Å². The van der Waals surface area contributed by atoms with Crippen molar-refractivity contribution >= 4 is 11.6 Å². The highest BCUT2D eigenvalue weighted by Crippen LogP contribution is 2.35. The van der Waals surface area contributed by atoms with Crippen molar-refractivity contribution in [1.82, 2.24) is 4.90 Å². The molecule has 126 valence electrons. The second-order valence-electron chi connectivity index (χ2n) is 5.23. The Hall–Kier alpha value is -3.09. The first-order valence-corrected chi connectivity index (χ1v) is 7.19. The van der Waals surface area contributed by atoms with Gasteiger partial charge in [-0.3, -0.25) is 14.9 Å². The van der Waals surface area contributed by atoms with Crippen molar-refractivity contribution in [2.24, 2.45) is 0 Å². The first-order chi connectivity index (χ1) is 11.4. The summed E-state index contributed by atoms with van der Waals surface area (Å²) >= 11 is 0. The van der Waals surface area contributed by atoms with Gasteiger partial charge in [0.2, 0.25) is 6.10 Å². The molecule has 0 aromatic heterocycles. The minimum atomic E-state index is -0.933. The predicted octanol–water partition coefficient (Wildman–Crippen LogP) is 2.81. The average Bonchev–Trinajstić information content (AvgIpc) is 2.59. The fourth-order valence-electron chi connectivity index (χ4n) is 2.12. The van der Waals surface area contributed by atoms with Gasteiger partial charge in [-0.1, -0.05) is 30.3 Å². The predicted molar refractivity (Wildman–Crippen MR) is 88.2 cm³/mol. The number of likely N-dealkylation sites (N-methyl/N-ethyl adjacent to an activating group) is 1. The van der Waals surface area contributed by atoms with Gasteiger partial charge < -0.3 is 14.4 Å². The molecule has 2 aromatic rings. The SMILES string of the molecule is COc1ccc([N+](=O)[O-])cc1O[C@H](C(=O)N(C)C)c1ccccc1. The lowest BCUT2D eigenvalue weighted by Gasteiger charge is -2.23. The maximum atomic E-state index is 12.5. The van der Waals surface area contributed by atoms with E-state index in [1.807, 2.05) is 6.07 Å². The van der Waals surface area contributed by atoms with Crippen LogP contribution in [0, 0.1) is 10.1 Å². The van der Waals surface area contributed by atoms with Crippen molar-refractivity contribution < 1.29 is 19.2 Å². The summed E-state index contributed by atoms with van der Waals surface area (Å²) in [6.45, 7) is 0. The van der Waals surface area contributed by atoms with Crippen LogP contribution in [0.5, 0.6) is 11.5 Å². The monoisotopic (exact) mass is 330 g/mol. The minimum absolute atomic E-state index is 0.135. The molecule has 2 aromatic carbocycles. The molecule has 0 saturated carbocycles. The minimum Gasteiger partial charge on any atom is -0.493 e. The first kappa shape index (κ1) is 17.3. The topological polar surface area (TPSA) is 81.9 Å². The van der Waals surface area contributed by atoms with Crippen molar-refractivity contribution in [3.63, 3.8) is 0 Å². The van der Waals surface area contributed by atoms with E-state index in [1.54, 1.807) is 38.4 Å². The molecule has 0 N–H and O–H groups in total. The summed E-state index contributed by atoms with van der Waals surface area (Å²) in [7, 11) is 4.66. The van der Waals surface area contributed by atoms with Gasteiger partial charge in [0.1, 0.15) is 0 Å². The smallest absolute Gasteiger partial charge is 0.273 e. The highest BCUT2D eigenvalue weighted by molar-refractivity contribution is 5.82. The lowest BCUT2D eigenvalue weighted by molar-refractivity contribution is -0.385. The number of hydrogen-bond acceptors (Lipinski definition) is 5. The molecule has 0 saturated heterocycles. The van der Waals surface area contributed by atoms with Crippen LogP contribution in [0.25, 0.3) is 0 Å². The zero-order valence-corrected chi connectivity index (χ0v) is 13.6. The molecule has 0 aliphatic heterocycles. The maximum Gasteiger partial charge on any atom is 0.273 e. The summed E-state index contributed by atoms with van der Waals surface area (Å²) in [6, 6.07) is 12.9. The molecule has 0 aliphatic rings. The third-order valence-corrected chi connectivity index (χ3v) is 3.37. The van der Waals surface area contributed by atoms with Crippen LogP contribution in [0.4, 0.5) is 5.69 Å². The number of methoxy groups -OCH3 is 1. The molecule has 0 spiro atoms. The maximum absolute atomic E-state index is 12.5. The Morgan fingerprint density at radius 3 is 2.33 bits per heavy atom. The molecule has 0 heterocycles. The van der Waals surface area contributed by atoms with E-state index in [4.69, 9.17) is 9.47 Å². The van der Waals surface area contributed by atoms with Crippen LogP contribution >= 0.6 is 0 Å². The van der Waals surface area contributed by atoms with Gasteiger partial charge in [0.05, 0.1) is 18.1 Å². The number of hydrogen-bond donors (Lipinski definition) is 0. The molecule has 1 amide bonds. The lowest BCUT2D eigenvalue weighted by atomic mass is 10.1. The molecule has 0 radical (unpaired) electrons. The Balaban J connectivity index is 2.44. The summed E-state index contributed by atoms with van der Waals surface area (Å²) < 4.78 is 11.0. The Labute approximate surface area is 139 Å². The van der Waals surface area contributed by atoms with Gasteiger partial charge >= 0.3 is 0 Å². The average molecular weight is 330 g/mol. The fourth-order valence-corrected chi connectivity index (χ4v) is 2.12. The quantitative estimate of drug-likeness (QED) is 0.601. The highest BCUT2D eigenvalue weighted by atomic mass is 16.6. The van der Waals surface area contributed by atoms with Gasteiger partial charge in [-0.15, -0.1) is 0 Å². The molecule has 7 heteroatoms. The summed E-state index contributed by atoms with van der Waals surface area (Å²) in [5, 5.41) is 11.0. The van der Waals surface area contributed by atoms with E-state index in [1.165, 1.54) is 30.2 Å². The number of carbonyl (C=O) groups excluding carboxylic acids is 1. The van der Waals surface area contributed by atoms with Crippen LogP contribution in [0.15, 0.2) is 48.5 Å². The molecule has 0 aliphatic carbocycles. The van der Waals surface area contributed by atoms with Gasteiger partial charge in [-0.25, -0.2) is 0 Å². The molecule has 0 bridgehead atoms. The van der Waals surface area contributed by atoms with E-state index in [-0.39, 0.29) is 17.3 Å². The number of nitrogens with zero attached hydrogens (tertiary/aromatic N) is 2. The second kappa shape index (κ2) is 7.45. The van der Waals surface area contributed by atoms with Crippen LogP contribution in [-0.2, 0) is 4.79 Å². The van der Waals surface area contributed by atoms with Crippen LogP contribution in [0.3, 0.4) is 0 Å². The molecule has 0 fully saturated rings. The van der Waals surface area contributed by atoms with E-state index in [0.29, 0.717) is 11.3 Å². The van der Waals surface area contributed by atoms with Crippen LogP contribution in [0.1, 0.15) is 11.7 Å². The van der Waals surface area contributed by atoms with Gasteiger partial charge in [-0.2, -0.15) is 0 Å². The summed E-state index contributed by atoms with van der Waals surface area (Å²) in [6.07, 6.45) is -0.933. The van der Waals surface area contributed by atoms with Crippen LogP contribution in [0.2, 0.25) is 0 Å². The Kier molecular flexibility index (Phi) is 5.36. The van der Waals surface area contributed by atoms with E-state index in [9.17, 15) is 14.9 Å². The van der Waals surface area contributed by atoms with Crippen molar-refractivity contribution in [3.05, 3.63) is 64.2 Å². The number of benzene rings is 2. The summed E-state index contributed by atoms with van der Waals surface area (Å²) in [5.41, 5.74) is 0.500. The van der Waals surface area contributed by atoms with E-state index in [0.717, 1.165) is 0 Å². The molecule has 1 atom stereocenters. The third-order valence-electron chi connectivity index (χ3n) is 3.37. The second-order valence-corrected chi connectivity index (χ2v) is 5.23. The van der Waals surface area contributed by atoms with E-state index < -0.39 is 11.0 Å². The standard InChI is InChI=1S/C17H18N2O5/c1-18(2)17(20)16(12-7-5-4-6-8-12)24-15-11-13(19(21)22)9-10-14(15)23-3/h4-11,16H,1-3H3/t16-/m0/s1. The van der Waals surface area contributed by atoms with Gasteiger partial charge in [-0.05, 0) is 6.07 Å². The molecule has 0 unspecified atom stereocenters. The fraction of sp³-hybridized carbons (Fsp3) is 0.235. The van der Waals surface area contributed by atoms with Crippen molar-refractivity contribution in [1.29, 1.82) is 0 Å². The number of carbonyl (C=O) groups is 1. The number of non-ortho nitro benzene ring substituents is 1. The number of ether oxygens (including phenoxy) is 2. The first-order valence-electron chi connectivity index (χ1n) is 7.19. The number of rotatable bonds is 6. The van der Waals surface area contributed by atoms with Crippen LogP contribution in [-0.4, -0.2) is 36.9 Å². The highest BCUT2D eigenvalue weighted by Gasteiger charge is 2.26. The van der Waals surface area contributed by atoms with Gasteiger partial charge in [0.15, 0.2) is 11.5 Å². The Morgan fingerprint density at radius 2 is 1.79 bits per heavy atom. The largest absolute Gasteiger partial charge is 0.493 e. The van der Waals surface area contributed by atoms with Crippen molar-refractivity contribution in [2.75, 3.05) is 21.2 Å².